The molecule has 0 saturated carbocycles. The number of guanidine groups is 1. The largest absolute Gasteiger partial charge is 0.468 e. The highest BCUT2D eigenvalue weighted by atomic mass is 16.3. The van der Waals surface area contributed by atoms with E-state index in [0.29, 0.717) is 19.5 Å². The van der Waals surface area contributed by atoms with Crippen molar-refractivity contribution in [1.82, 2.24) is 15.5 Å². The van der Waals surface area contributed by atoms with Gasteiger partial charge in [-0.05, 0) is 56.3 Å². The molecular formula is C24H35N5O2. The second-order valence-electron chi connectivity index (χ2n) is 7.64. The van der Waals surface area contributed by atoms with Gasteiger partial charge in [-0.2, -0.15) is 0 Å². The van der Waals surface area contributed by atoms with Crippen LogP contribution >= 0.6 is 0 Å². The molecule has 1 fully saturated rings. The summed E-state index contributed by atoms with van der Waals surface area (Å²) in [7, 11) is 0. The molecule has 168 valence electrons. The number of aliphatic imine (C=N–C) groups is 1. The Labute approximate surface area is 185 Å². The molecule has 2 aromatic rings. The minimum atomic E-state index is 0.145. The van der Waals surface area contributed by atoms with Crippen LogP contribution in [0.5, 0.6) is 0 Å². The molecule has 0 bridgehead atoms. The number of carbonyl (C=O) groups is 1. The van der Waals surface area contributed by atoms with Crippen LogP contribution in [0.4, 0.5) is 5.69 Å². The number of amides is 1. The molecule has 1 saturated heterocycles. The average Bonchev–Trinajstić information content (AvgIpc) is 3.47. The lowest BCUT2D eigenvalue weighted by Gasteiger charge is -2.28. The molecule has 7 nitrogen and oxygen atoms in total. The number of nitrogens with zero attached hydrogens (tertiary/aromatic N) is 3. The minimum Gasteiger partial charge on any atom is -0.468 e. The van der Waals surface area contributed by atoms with E-state index in [4.69, 9.17) is 9.41 Å². The molecule has 1 aliphatic heterocycles. The van der Waals surface area contributed by atoms with Crippen LogP contribution in [0.25, 0.3) is 0 Å². The molecule has 0 radical (unpaired) electrons. The van der Waals surface area contributed by atoms with Crippen molar-refractivity contribution in [3.63, 3.8) is 0 Å². The maximum absolute atomic E-state index is 11.9. The number of hydrogen-bond acceptors (Lipinski definition) is 4. The first-order valence-electron chi connectivity index (χ1n) is 11.3. The van der Waals surface area contributed by atoms with Gasteiger partial charge in [-0.1, -0.05) is 26.0 Å². The Hall–Kier alpha value is -2.80. The Morgan fingerprint density at radius 3 is 2.52 bits per heavy atom. The third-order valence-corrected chi connectivity index (χ3v) is 5.67. The van der Waals surface area contributed by atoms with Crippen LogP contribution < -0.4 is 15.5 Å². The van der Waals surface area contributed by atoms with Gasteiger partial charge in [0.25, 0.3) is 0 Å². The van der Waals surface area contributed by atoms with E-state index >= 15 is 0 Å². The Balaban J connectivity index is 1.63. The lowest BCUT2D eigenvalue weighted by Crippen LogP contribution is -2.43. The number of likely N-dealkylation sites (N-methyl/N-ethyl adjacent to an activating group) is 1. The second kappa shape index (κ2) is 11.6. The number of benzene rings is 1. The standard InChI is InChI=1S/C24H35N5O2/c1-4-25-24(27-18-21(28(5-2)6-3)22-9-8-16-31-22)26-17-19-11-13-20(14-12-19)29-15-7-10-23(29)30/h8-9,11-14,16,21H,4-7,10,15,17-18H2,1-3H3,(H2,25,26,27). The van der Waals surface area contributed by atoms with Gasteiger partial charge in [0, 0.05) is 31.7 Å². The Morgan fingerprint density at radius 1 is 1.16 bits per heavy atom. The van der Waals surface area contributed by atoms with E-state index < -0.39 is 0 Å². The molecule has 1 unspecified atom stereocenters. The van der Waals surface area contributed by atoms with Crippen LogP contribution in [-0.4, -0.2) is 49.5 Å². The zero-order valence-electron chi connectivity index (χ0n) is 18.9. The molecule has 1 aromatic heterocycles. The Bertz CT molecular complexity index is 828. The maximum Gasteiger partial charge on any atom is 0.227 e. The molecule has 1 aliphatic rings. The summed E-state index contributed by atoms with van der Waals surface area (Å²) in [4.78, 5) is 20.9. The first-order valence-corrected chi connectivity index (χ1v) is 11.3. The Morgan fingerprint density at radius 2 is 1.94 bits per heavy atom. The molecule has 1 aromatic carbocycles. The molecular weight excluding hydrogens is 390 g/mol. The van der Waals surface area contributed by atoms with Crippen molar-refractivity contribution in [2.24, 2.45) is 4.99 Å². The fraction of sp³-hybridized carbons (Fsp3) is 0.500. The normalized spacial score (nSPS) is 15.5. The number of rotatable bonds is 10. The van der Waals surface area contributed by atoms with E-state index in [2.05, 4.69) is 48.4 Å². The third kappa shape index (κ3) is 6.10. The van der Waals surface area contributed by atoms with Gasteiger partial charge in [-0.3, -0.25) is 9.69 Å². The zero-order valence-corrected chi connectivity index (χ0v) is 18.9. The van der Waals surface area contributed by atoms with Gasteiger partial charge in [0.1, 0.15) is 5.76 Å². The summed E-state index contributed by atoms with van der Waals surface area (Å²) in [5, 5.41) is 6.80. The quantitative estimate of drug-likeness (QED) is 0.450. The SMILES string of the molecule is CCNC(=NCc1ccc(N2CCCC2=O)cc1)NCC(c1ccco1)N(CC)CC. The first kappa shape index (κ1) is 22.9. The maximum atomic E-state index is 11.9. The topological polar surface area (TPSA) is 73.1 Å². The number of furan rings is 1. The molecule has 2 heterocycles. The number of carbonyl (C=O) groups excluding carboxylic acids is 1. The Kier molecular flexibility index (Phi) is 8.53. The van der Waals surface area contributed by atoms with Crippen LogP contribution in [0, 0.1) is 0 Å². The molecule has 7 heteroatoms. The lowest BCUT2D eigenvalue weighted by molar-refractivity contribution is -0.117. The fourth-order valence-electron chi connectivity index (χ4n) is 3.96. The van der Waals surface area contributed by atoms with Gasteiger partial charge in [0.05, 0.1) is 18.8 Å². The third-order valence-electron chi connectivity index (χ3n) is 5.67. The monoisotopic (exact) mass is 425 g/mol. The minimum absolute atomic E-state index is 0.145. The summed E-state index contributed by atoms with van der Waals surface area (Å²) >= 11 is 0. The summed E-state index contributed by atoms with van der Waals surface area (Å²) in [6, 6.07) is 12.2. The van der Waals surface area contributed by atoms with E-state index in [1.54, 1.807) is 6.26 Å². The van der Waals surface area contributed by atoms with Crippen molar-refractivity contribution in [3.8, 4) is 0 Å². The van der Waals surface area contributed by atoms with Gasteiger partial charge in [0.2, 0.25) is 5.91 Å². The van der Waals surface area contributed by atoms with Gasteiger partial charge < -0.3 is 20.0 Å². The molecule has 2 N–H and O–H groups in total. The van der Waals surface area contributed by atoms with Crippen LogP contribution in [0.2, 0.25) is 0 Å². The smallest absolute Gasteiger partial charge is 0.227 e. The summed E-state index contributed by atoms with van der Waals surface area (Å²) in [5.74, 6) is 1.95. The predicted octanol–water partition coefficient (Wildman–Crippen LogP) is 3.54. The van der Waals surface area contributed by atoms with Gasteiger partial charge in [-0.15, -0.1) is 0 Å². The van der Waals surface area contributed by atoms with Crippen molar-refractivity contribution < 1.29 is 9.21 Å². The van der Waals surface area contributed by atoms with Crippen molar-refractivity contribution >= 4 is 17.6 Å². The van der Waals surface area contributed by atoms with E-state index in [0.717, 1.165) is 55.6 Å². The summed E-state index contributed by atoms with van der Waals surface area (Å²) in [6.45, 7) is 11.2. The molecule has 3 rings (SSSR count). The summed E-state index contributed by atoms with van der Waals surface area (Å²) in [6.07, 6.45) is 3.32. The van der Waals surface area contributed by atoms with Crippen LogP contribution in [0.15, 0.2) is 52.1 Å². The van der Waals surface area contributed by atoms with Crippen LogP contribution in [0.1, 0.15) is 51.0 Å². The molecule has 0 aliphatic carbocycles. The molecule has 1 atom stereocenters. The van der Waals surface area contributed by atoms with E-state index in [9.17, 15) is 4.79 Å². The highest BCUT2D eigenvalue weighted by Crippen LogP contribution is 2.22. The number of hydrogen-bond donors (Lipinski definition) is 2. The lowest BCUT2D eigenvalue weighted by atomic mass is 10.2. The van der Waals surface area contributed by atoms with Crippen LogP contribution in [-0.2, 0) is 11.3 Å². The first-order chi connectivity index (χ1) is 15.2. The molecule has 31 heavy (non-hydrogen) atoms. The van der Waals surface area contributed by atoms with Crippen LogP contribution in [0.3, 0.4) is 0 Å². The van der Waals surface area contributed by atoms with Gasteiger partial charge in [-0.25, -0.2) is 4.99 Å². The predicted molar refractivity (Wildman–Crippen MR) is 125 cm³/mol. The number of anilines is 1. The van der Waals surface area contributed by atoms with Crippen molar-refractivity contribution in [3.05, 3.63) is 54.0 Å². The summed E-state index contributed by atoms with van der Waals surface area (Å²) in [5.41, 5.74) is 2.08. The van der Waals surface area contributed by atoms with Crippen molar-refractivity contribution in [2.45, 2.75) is 46.2 Å². The van der Waals surface area contributed by atoms with Crippen molar-refractivity contribution in [2.75, 3.05) is 37.6 Å². The fourth-order valence-corrected chi connectivity index (χ4v) is 3.96. The zero-order chi connectivity index (χ0) is 22.1. The highest BCUT2D eigenvalue weighted by Gasteiger charge is 2.22. The summed E-state index contributed by atoms with van der Waals surface area (Å²) < 4.78 is 5.69. The molecule has 0 spiro atoms. The van der Waals surface area contributed by atoms with Gasteiger partial charge >= 0.3 is 0 Å². The number of nitrogens with one attached hydrogen (secondary N) is 2. The van der Waals surface area contributed by atoms with E-state index in [1.807, 2.05) is 29.2 Å². The molecule has 1 amide bonds. The van der Waals surface area contributed by atoms with Gasteiger partial charge in [0.15, 0.2) is 5.96 Å². The highest BCUT2D eigenvalue weighted by molar-refractivity contribution is 5.95. The van der Waals surface area contributed by atoms with Crippen molar-refractivity contribution in [1.29, 1.82) is 0 Å². The van der Waals surface area contributed by atoms with E-state index in [1.165, 1.54) is 0 Å². The average molecular weight is 426 g/mol. The second-order valence-corrected chi connectivity index (χ2v) is 7.64. The van der Waals surface area contributed by atoms with E-state index in [-0.39, 0.29) is 11.9 Å².